The Labute approximate surface area is 278 Å². The summed E-state index contributed by atoms with van der Waals surface area (Å²) in [5, 5.41) is 76.6. The van der Waals surface area contributed by atoms with Crippen molar-refractivity contribution < 1.29 is 50.0 Å². The molecule has 0 fully saturated rings. The number of phenols is 5. The molecule has 0 aliphatic carbocycles. The summed E-state index contributed by atoms with van der Waals surface area (Å²) in [7, 11) is 0. The predicted molar refractivity (Wildman–Crippen MR) is 175 cm³/mol. The summed E-state index contributed by atoms with van der Waals surface area (Å²) < 4.78 is 19.4. The van der Waals surface area contributed by atoms with E-state index in [1.54, 1.807) is 12.1 Å². The Morgan fingerprint density at radius 1 is 0.646 bits per heavy atom. The minimum atomic E-state index is -1.93. The van der Waals surface area contributed by atoms with Gasteiger partial charge in [-0.25, -0.2) is 0 Å². The third-order valence-electron chi connectivity index (χ3n) is 9.17. The van der Waals surface area contributed by atoms with E-state index in [-0.39, 0.29) is 57.1 Å². The average Bonchev–Trinajstić information content (AvgIpc) is 3.06. The lowest BCUT2D eigenvalue weighted by Crippen LogP contribution is -2.57. The van der Waals surface area contributed by atoms with Gasteiger partial charge in [0.25, 0.3) is 0 Å². The smallest absolute Gasteiger partial charge is 0.305 e. The largest absolute Gasteiger partial charge is 0.508 e. The van der Waals surface area contributed by atoms with Gasteiger partial charge in [0.15, 0.2) is 6.10 Å². The number of aliphatic hydroxyl groups excluding tert-OH is 2. The molecule has 2 bridgehead atoms. The number of thioether (sulfide) groups is 1. The number of aromatic hydroxyl groups is 5. The molecule has 5 aromatic rings. The lowest BCUT2D eigenvalue weighted by Gasteiger charge is -2.51. The van der Waals surface area contributed by atoms with Crippen LogP contribution < -0.4 is 14.2 Å². The minimum Gasteiger partial charge on any atom is -0.508 e. The molecule has 3 aliphatic heterocycles. The molecule has 48 heavy (non-hydrogen) atoms. The maximum absolute atomic E-state index is 12.2. The molecule has 7 N–H and O–H groups in total. The molecule has 8 rings (SSSR count). The van der Waals surface area contributed by atoms with E-state index in [0.717, 1.165) is 11.6 Å². The highest BCUT2D eigenvalue weighted by Gasteiger charge is 2.60. The van der Waals surface area contributed by atoms with Crippen LogP contribution in [-0.2, 0) is 11.5 Å². The zero-order valence-corrected chi connectivity index (χ0v) is 25.9. The van der Waals surface area contributed by atoms with Gasteiger partial charge in [0.05, 0.1) is 16.7 Å². The Balaban J connectivity index is 1.36. The van der Waals surface area contributed by atoms with Gasteiger partial charge in [-0.3, -0.25) is 0 Å². The second-order valence-electron chi connectivity index (χ2n) is 12.1. The summed E-state index contributed by atoms with van der Waals surface area (Å²) in [6.45, 7) is 0. The lowest BCUT2D eigenvalue weighted by molar-refractivity contribution is -0.219. The van der Waals surface area contributed by atoms with Crippen LogP contribution in [0.2, 0.25) is 0 Å². The van der Waals surface area contributed by atoms with Gasteiger partial charge in [0, 0.05) is 40.6 Å². The Bertz CT molecular complexity index is 2020. The third-order valence-corrected chi connectivity index (χ3v) is 10.5. The third kappa shape index (κ3) is 4.65. The summed E-state index contributed by atoms with van der Waals surface area (Å²) >= 11 is 1.41. The maximum atomic E-state index is 12.2. The molecule has 11 heteroatoms. The van der Waals surface area contributed by atoms with Crippen molar-refractivity contribution in [3.8, 4) is 46.0 Å². The van der Waals surface area contributed by atoms with Crippen LogP contribution in [0.3, 0.4) is 0 Å². The molecule has 0 amide bonds. The first-order valence-corrected chi connectivity index (χ1v) is 16.3. The van der Waals surface area contributed by atoms with Crippen LogP contribution in [0.25, 0.3) is 0 Å². The molecule has 3 aliphatic rings. The number of benzene rings is 5. The molecule has 3 heterocycles. The number of hydrogen-bond acceptors (Lipinski definition) is 11. The lowest BCUT2D eigenvalue weighted by atomic mass is 9.74. The highest BCUT2D eigenvalue weighted by Crippen LogP contribution is 2.64. The molecular formula is C37H30O10S. The molecule has 244 valence electrons. The zero-order chi connectivity index (χ0) is 33.3. The molecule has 0 unspecified atom stereocenters. The molecule has 0 saturated heterocycles. The average molecular weight is 667 g/mol. The molecule has 0 spiro atoms. The van der Waals surface area contributed by atoms with Gasteiger partial charge in [0.1, 0.15) is 58.2 Å². The monoisotopic (exact) mass is 666 g/mol. The van der Waals surface area contributed by atoms with Crippen molar-refractivity contribution in [1.82, 2.24) is 0 Å². The van der Waals surface area contributed by atoms with Crippen LogP contribution in [0, 0.1) is 0 Å². The van der Waals surface area contributed by atoms with Crippen molar-refractivity contribution in [1.29, 1.82) is 0 Å². The molecule has 0 aromatic heterocycles. The molecule has 0 saturated carbocycles. The second kappa shape index (κ2) is 11.2. The van der Waals surface area contributed by atoms with E-state index in [2.05, 4.69) is 0 Å². The number of rotatable bonds is 5. The summed E-state index contributed by atoms with van der Waals surface area (Å²) in [5.41, 5.74) is 2.64. The summed E-state index contributed by atoms with van der Waals surface area (Å²) in [4.78, 5) is 0. The van der Waals surface area contributed by atoms with E-state index >= 15 is 0 Å². The fourth-order valence-electron chi connectivity index (χ4n) is 6.96. The molecular weight excluding hydrogens is 636 g/mol. The van der Waals surface area contributed by atoms with Gasteiger partial charge in [0.2, 0.25) is 0 Å². The molecule has 6 atom stereocenters. The Hall–Kier alpha value is -5.23. The van der Waals surface area contributed by atoms with E-state index in [4.69, 9.17) is 14.2 Å². The van der Waals surface area contributed by atoms with Gasteiger partial charge in [-0.1, -0.05) is 42.5 Å². The van der Waals surface area contributed by atoms with Crippen LogP contribution in [0.1, 0.15) is 50.7 Å². The van der Waals surface area contributed by atoms with Gasteiger partial charge in [-0.2, -0.15) is 0 Å². The van der Waals surface area contributed by atoms with Gasteiger partial charge < -0.3 is 50.0 Å². The van der Waals surface area contributed by atoms with Crippen LogP contribution >= 0.6 is 11.8 Å². The van der Waals surface area contributed by atoms with Crippen molar-refractivity contribution in [2.24, 2.45) is 0 Å². The number of hydrogen-bond donors (Lipinski definition) is 7. The van der Waals surface area contributed by atoms with Crippen LogP contribution in [0.5, 0.6) is 46.0 Å². The molecule has 0 radical (unpaired) electrons. The van der Waals surface area contributed by atoms with Gasteiger partial charge in [-0.05, 0) is 47.5 Å². The number of aliphatic hydroxyl groups is 2. The quantitative estimate of drug-likeness (QED) is 0.121. The van der Waals surface area contributed by atoms with Crippen LogP contribution in [0.15, 0.2) is 97.1 Å². The Morgan fingerprint density at radius 2 is 1.27 bits per heavy atom. The predicted octanol–water partition coefficient (Wildman–Crippen LogP) is 5.81. The highest BCUT2D eigenvalue weighted by molar-refractivity contribution is 7.98. The fraction of sp³-hybridized carbons (Fsp3) is 0.189. The highest BCUT2D eigenvalue weighted by atomic mass is 32.2. The fourth-order valence-corrected chi connectivity index (χ4v) is 8.26. The van der Waals surface area contributed by atoms with E-state index in [1.165, 1.54) is 60.3 Å². The number of phenolic OH excluding ortho intramolecular Hbond substituents is 5. The number of fused-ring (bicyclic) bond motifs is 8. The summed E-state index contributed by atoms with van der Waals surface area (Å²) in [6.07, 6.45) is -3.63. The summed E-state index contributed by atoms with van der Waals surface area (Å²) in [5.74, 6) is -3.04. The standard InChI is InChI=1S/C37H30O10S/c38-21-10-6-19(7-11-21)33-32(43)35(48-17-18-4-2-1-3-5-18)29-25(42)16-27-30(34(29)45-33)31-28-24(41)14-23(40)15-26(28)46-37(47-27,36(31)44)20-8-12-22(39)13-9-20/h1-16,31-33,35-36,38-44H,17H2/t31-,32-,33+,35-,36+,37+/m0/s1. The SMILES string of the molecule is Oc1ccc([C@H]2Oc3c4c(cc(O)c3[C@H](SCc3ccccc3)[C@H]2O)O[C@@]2(c3ccc(O)cc3)Oc3cc(O)cc(O)c3[C@@H]4[C@H]2O)cc1. The molecule has 5 aromatic carbocycles. The molecule has 10 nitrogen and oxygen atoms in total. The Morgan fingerprint density at radius 3 is 1.96 bits per heavy atom. The first-order valence-electron chi connectivity index (χ1n) is 15.2. The van der Waals surface area contributed by atoms with E-state index < -0.39 is 35.3 Å². The van der Waals surface area contributed by atoms with Gasteiger partial charge in [-0.15, -0.1) is 11.8 Å². The first-order chi connectivity index (χ1) is 23.1. The zero-order valence-electron chi connectivity index (χ0n) is 25.1. The van der Waals surface area contributed by atoms with Crippen molar-refractivity contribution >= 4 is 11.8 Å². The topological polar surface area (TPSA) is 169 Å². The van der Waals surface area contributed by atoms with E-state index in [9.17, 15) is 35.7 Å². The van der Waals surface area contributed by atoms with Crippen molar-refractivity contribution in [2.75, 3.05) is 0 Å². The van der Waals surface area contributed by atoms with Gasteiger partial charge >= 0.3 is 5.79 Å². The van der Waals surface area contributed by atoms with Crippen molar-refractivity contribution in [3.05, 3.63) is 130 Å². The summed E-state index contributed by atoms with van der Waals surface area (Å²) in [6, 6.07) is 25.7. The number of ether oxygens (including phenoxy) is 3. The van der Waals surface area contributed by atoms with Crippen LogP contribution in [0.4, 0.5) is 0 Å². The maximum Gasteiger partial charge on any atom is 0.305 e. The van der Waals surface area contributed by atoms with E-state index in [0.29, 0.717) is 22.4 Å². The first kappa shape index (κ1) is 30.1. The Kier molecular flexibility index (Phi) is 7.02. The van der Waals surface area contributed by atoms with Crippen LogP contribution in [-0.4, -0.2) is 48.0 Å². The normalized spacial score (nSPS) is 25.0. The van der Waals surface area contributed by atoms with E-state index in [1.807, 2.05) is 30.3 Å². The second-order valence-corrected chi connectivity index (χ2v) is 13.2. The minimum absolute atomic E-state index is 0.0260. The van der Waals surface area contributed by atoms with Crippen molar-refractivity contribution in [3.63, 3.8) is 0 Å². The van der Waals surface area contributed by atoms with Crippen molar-refractivity contribution in [2.45, 2.75) is 41.0 Å².